The molecular formula is C26H24N6O3S. The van der Waals surface area contributed by atoms with Gasteiger partial charge in [-0.3, -0.25) is 14.9 Å². The molecule has 4 rings (SSSR count). The van der Waals surface area contributed by atoms with E-state index in [-0.39, 0.29) is 18.4 Å². The van der Waals surface area contributed by atoms with Gasteiger partial charge >= 0.3 is 0 Å². The van der Waals surface area contributed by atoms with Crippen LogP contribution in [0, 0.1) is 22.7 Å². The molecule has 9 nitrogen and oxygen atoms in total. The SMILES string of the molecule is N#CCCNC1CCc2nc(NC(=O)c3cccc(OCC(=O)Nc4ccc(C#N)cc4)c3)sc2C1. The Kier molecular flexibility index (Phi) is 8.24. The van der Waals surface area contributed by atoms with Crippen molar-refractivity contribution in [2.75, 3.05) is 23.8 Å². The minimum atomic E-state index is -0.358. The van der Waals surface area contributed by atoms with E-state index in [1.807, 2.05) is 6.07 Å². The number of rotatable bonds is 9. The quantitative estimate of drug-likeness (QED) is 0.381. The number of thiazole rings is 1. The van der Waals surface area contributed by atoms with Gasteiger partial charge in [-0.25, -0.2) is 4.98 Å². The van der Waals surface area contributed by atoms with Crippen molar-refractivity contribution in [2.45, 2.75) is 31.7 Å². The second-order valence-electron chi connectivity index (χ2n) is 8.20. The lowest BCUT2D eigenvalue weighted by Gasteiger charge is -2.21. The first-order valence-electron chi connectivity index (χ1n) is 11.5. The summed E-state index contributed by atoms with van der Waals surface area (Å²) in [5.41, 5.74) is 2.47. The summed E-state index contributed by atoms with van der Waals surface area (Å²) >= 11 is 1.47. The molecule has 2 amide bonds. The Morgan fingerprint density at radius 2 is 1.97 bits per heavy atom. The lowest BCUT2D eigenvalue weighted by Crippen LogP contribution is -2.34. The van der Waals surface area contributed by atoms with E-state index in [4.69, 9.17) is 15.3 Å². The summed E-state index contributed by atoms with van der Waals surface area (Å²) in [5.74, 6) is -0.275. The molecule has 1 aliphatic carbocycles. The van der Waals surface area contributed by atoms with Gasteiger partial charge in [0.05, 0.1) is 23.4 Å². The molecule has 3 aromatic rings. The highest BCUT2D eigenvalue weighted by Crippen LogP contribution is 2.30. The normalized spacial score (nSPS) is 14.1. The summed E-state index contributed by atoms with van der Waals surface area (Å²) in [7, 11) is 0. The maximum absolute atomic E-state index is 12.8. The van der Waals surface area contributed by atoms with Crippen molar-refractivity contribution in [1.29, 1.82) is 10.5 Å². The topological polar surface area (TPSA) is 140 Å². The van der Waals surface area contributed by atoms with E-state index in [1.54, 1.807) is 48.5 Å². The first kappa shape index (κ1) is 24.9. The van der Waals surface area contributed by atoms with E-state index in [0.717, 1.165) is 29.8 Å². The van der Waals surface area contributed by atoms with Crippen molar-refractivity contribution in [3.8, 4) is 17.9 Å². The molecule has 1 aromatic heterocycles. The van der Waals surface area contributed by atoms with Gasteiger partial charge in [-0.05, 0) is 61.7 Å². The number of fused-ring (bicyclic) bond motifs is 1. The molecule has 1 aliphatic rings. The molecule has 1 atom stereocenters. The molecule has 0 aliphatic heterocycles. The number of carbonyl (C=O) groups excluding carboxylic acids is 2. The fourth-order valence-corrected chi connectivity index (χ4v) is 4.89. The molecule has 0 fully saturated rings. The first-order valence-corrected chi connectivity index (χ1v) is 12.3. The van der Waals surface area contributed by atoms with Crippen LogP contribution in [0.4, 0.5) is 10.8 Å². The number of nitrogens with one attached hydrogen (secondary N) is 3. The van der Waals surface area contributed by atoms with E-state index in [2.05, 4.69) is 27.0 Å². The van der Waals surface area contributed by atoms with Crippen LogP contribution in [0.3, 0.4) is 0 Å². The average Bonchev–Trinajstić information content (AvgIpc) is 3.30. The van der Waals surface area contributed by atoms with Crippen LogP contribution in [0.2, 0.25) is 0 Å². The Balaban J connectivity index is 1.30. The summed E-state index contributed by atoms with van der Waals surface area (Å²) in [4.78, 5) is 30.7. The molecular weight excluding hydrogens is 476 g/mol. The van der Waals surface area contributed by atoms with Crippen LogP contribution in [-0.2, 0) is 17.6 Å². The van der Waals surface area contributed by atoms with Crippen molar-refractivity contribution in [1.82, 2.24) is 10.3 Å². The number of ether oxygens (including phenoxy) is 1. The van der Waals surface area contributed by atoms with Crippen LogP contribution >= 0.6 is 11.3 Å². The molecule has 182 valence electrons. The van der Waals surface area contributed by atoms with Gasteiger partial charge in [-0.1, -0.05) is 6.07 Å². The van der Waals surface area contributed by atoms with E-state index >= 15 is 0 Å². The smallest absolute Gasteiger partial charge is 0.262 e. The van der Waals surface area contributed by atoms with Crippen LogP contribution < -0.4 is 20.7 Å². The Hall–Kier alpha value is -4.25. The second kappa shape index (κ2) is 11.9. The standard InChI is InChI=1S/C26H24N6O3S/c27-11-2-12-29-20-9-10-22-23(14-20)36-26(31-22)32-25(34)18-3-1-4-21(13-18)35-16-24(33)30-19-7-5-17(15-28)6-8-19/h1,3-8,13,20,29H,2,9-10,12,14,16H2,(H,30,33)(H,31,32,34). The number of nitrogens with zero attached hydrogens (tertiary/aromatic N) is 3. The number of aromatic nitrogens is 1. The van der Waals surface area contributed by atoms with Crippen LogP contribution in [0.15, 0.2) is 48.5 Å². The molecule has 0 saturated heterocycles. The van der Waals surface area contributed by atoms with Gasteiger partial charge in [0.15, 0.2) is 11.7 Å². The number of aryl methyl sites for hydroxylation is 1. The van der Waals surface area contributed by atoms with Gasteiger partial charge < -0.3 is 15.4 Å². The van der Waals surface area contributed by atoms with Gasteiger partial charge in [0.1, 0.15) is 5.75 Å². The molecule has 2 aromatic carbocycles. The summed E-state index contributed by atoms with van der Waals surface area (Å²) in [6.07, 6.45) is 3.10. The maximum atomic E-state index is 12.8. The highest BCUT2D eigenvalue weighted by molar-refractivity contribution is 7.15. The van der Waals surface area contributed by atoms with Crippen molar-refractivity contribution in [3.05, 3.63) is 70.2 Å². The Labute approximate surface area is 212 Å². The van der Waals surface area contributed by atoms with Gasteiger partial charge in [0.2, 0.25) is 0 Å². The largest absolute Gasteiger partial charge is 0.484 e. The molecule has 10 heteroatoms. The number of hydrogen-bond acceptors (Lipinski definition) is 8. The number of hydrogen-bond donors (Lipinski definition) is 3. The predicted octanol–water partition coefficient (Wildman–Crippen LogP) is 3.65. The van der Waals surface area contributed by atoms with Crippen LogP contribution in [0.1, 0.15) is 39.3 Å². The lowest BCUT2D eigenvalue weighted by atomic mass is 9.98. The minimum absolute atomic E-state index is 0.228. The number of anilines is 2. The molecule has 0 radical (unpaired) electrons. The van der Waals surface area contributed by atoms with Crippen molar-refractivity contribution in [3.63, 3.8) is 0 Å². The molecule has 3 N–H and O–H groups in total. The first-order chi connectivity index (χ1) is 17.5. The third-order valence-electron chi connectivity index (χ3n) is 5.59. The second-order valence-corrected chi connectivity index (χ2v) is 9.28. The van der Waals surface area contributed by atoms with Crippen molar-refractivity contribution >= 4 is 34.0 Å². The molecule has 0 saturated carbocycles. The van der Waals surface area contributed by atoms with Gasteiger partial charge in [0, 0.05) is 35.1 Å². The molecule has 0 spiro atoms. The highest BCUT2D eigenvalue weighted by Gasteiger charge is 2.23. The maximum Gasteiger partial charge on any atom is 0.262 e. The third kappa shape index (κ3) is 6.66. The lowest BCUT2D eigenvalue weighted by molar-refractivity contribution is -0.118. The fourth-order valence-electron chi connectivity index (χ4n) is 3.81. The molecule has 1 heterocycles. The molecule has 1 unspecified atom stereocenters. The van der Waals surface area contributed by atoms with Gasteiger partial charge in [-0.15, -0.1) is 11.3 Å². The summed E-state index contributed by atoms with van der Waals surface area (Å²) < 4.78 is 5.56. The Morgan fingerprint density at radius 1 is 1.14 bits per heavy atom. The monoisotopic (exact) mass is 500 g/mol. The number of nitriles is 2. The zero-order chi connectivity index (χ0) is 25.3. The highest BCUT2D eigenvalue weighted by atomic mass is 32.1. The average molecular weight is 501 g/mol. The van der Waals surface area contributed by atoms with Crippen LogP contribution in [-0.4, -0.2) is 36.0 Å². The van der Waals surface area contributed by atoms with Crippen LogP contribution in [0.25, 0.3) is 0 Å². The van der Waals surface area contributed by atoms with E-state index in [9.17, 15) is 9.59 Å². The number of carbonyl (C=O) groups is 2. The zero-order valence-electron chi connectivity index (χ0n) is 19.4. The minimum Gasteiger partial charge on any atom is -0.484 e. The van der Waals surface area contributed by atoms with Gasteiger partial charge in [-0.2, -0.15) is 10.5 Å². The van der Waals surface area contributed by atoms with Crippen molar-refractivity contribution in [2.24, 2.45) is 0 Å². The van der Waals surface area contributed by atoms with E-state index < -0.39 is 0 Å². The van der Waals surface area contributed by atoms with E-state index in [0.29, 0.717) is 46.7 Å². The van der Waals surface area contributed by atoms with Crippen molar-refractivity contribution < 1.29 is 14.3 Å². The van der Waals surface area contributed by atoms with E-state index in [1.165, 1.54) is 11.3 Å². The molecule has 0 bridgehead atoms. The number of amides is 2. The number of benzene rings is 2. The summed E-state index contributed by atoms with van der Waals surface area (Å²) in [5, 5.41) is 27.1. The zero-order valence-corrected chi connectivity index (χ0v) is 20.2. The summed E-state index contributed by atoms with van der Waals surface area (Å²) in [6, 6.07) is 17.6. The van der Waals surface area contributed by atoms with Gasteiger partial charge in [0.25, 0.3) is 11.8 Å². The fraction of sp³-hybridized carbons (Fsp3) is 0.269. The Morgan fingerprint density at radius 3 is 2.75 bits per heavy atom. The Bertz CT molecular complexity index is 1320. The molecule has 36 heavy (non-hydrogen) atoms. The third-order valence-corrected chi connectivity index (χ3v) is 6.63. The van der Waals surface area contributed by atoms with Crippen LogP contribution in [0.5, 0.6) is 5.75 Å². The predicted molar refractivity (Wildman–Crippen MR) is 136 cm³/mol. The summed E-state index contributed by atoms with van der Waals surface area (Å²) in [6.45, 7) is 0.447.